The van der Waals surface area contributed by atoms with Crippen LogP contribution in [-0.4, -0.2) is 46.8 Å². The van der Waals surface area contributed by atoms with Crippen molar-refractivity contribution in [1.82, 2.24) is 10.3 Å². The Balaban J connectivity index is 1.19. The fourth-order valence-corrected chi connectivity index (χ4v) is 6.10. The molecule has 2 aromatic carbocycles. The summed E-state index contributed by atoms with van der Waals surface area (Å²) in [4.78, 5) is 27.0. The number of H-pyrrole nitrogens is 1. The van der Waals surface area contributed by atoms with Crippen molar-refractivity contribution in [2.75, 3.05) is 18.5 Å². The smallest absolute Gasteiger partial charge is 0.235 e. The summed E-state index contributed by atoms with van der Waals surface area (Å²) >= 11 is 0. The SMILES string of the molecule is CC(C)(Cc1c[nH]c2c(CCC(=O)[O-])cccc12)NC[C@H](O)COc1cccc2c1C1(CCCC1)C(=O)N2. The summed E-state index contributed by atoms with van der Waals surface area (Å²) in [5.74, 6) is -0.316. The summed E-state index contributed by atoms with van der Waals surface area (Å²) in [7, 11) is 0. The number of rotatable bonds is 11. The Morgan fingerprint density at radius 2 is 1.95 bits per heavy atom. The van der Waals surface area contributed by atoms with E-state index in [-0.39, 0.29) is 24.5 Å². The molecular formula is C30H36N3O5-. The second-order valence-corrected chi connectivity index (χ2v) is 11.4. The van der Waals surface area contributed by atoms with E-state index in [0.29, 0.717) is 25.1 Å². The molecular weight excluding hydrogens is 482 g/mol. The standard InChI is InChI=1S/C30H37N3O5/c1-29(2,15-20-16-31-27-19(11-12-25(35)36)7-5-8-22(20)27)32-17-21(34)18-38-24-10-6-9-23-26(24)30(28(37)33-23)13-3-4-14-30/h5-10,16,21,31-32,34H,3-4,11-15,17-18H2,1-2H3,(H,33,37)(H,35,36)/p-1/t21-/m0/s1. The fraction of sp³-hybridized carbons (Fsp3) is 0.467. The van der Waals surface area contributed by atoms with Crippen LogP contribution in [0, 0.1) is 0 Å². The molecule has 202 valence electrons. The predicted molar refractivity (Wildman–Crippen MR) is 144 cm³/mol. The Bertz CT molecular complexity index is 1340. The number of carbonyl (C=O) groups excluding carboxylic acids is 2. The average Bonchev–Trinajstić information content (AvgIpc) is 3.60. The number of ether oxygens (including phenoxy) is 1. The van der Waals surface area contributed by atoms with Crippen molar-refractivity contribution in [1.29, 1.82) is 0 Å². The van der Waals surface area contributed by atoms with Crippen molar-refractivity contribution < 1.29 is 24.5 Å². The number of anilines is 1. The molecule has 4 N–H and O–H groups in total. The summed E-state index contributed by atoms with van der Waals surface area (Å²) < 4.78 is 6.09. The van der Waals surface area contributed by atoms with Gasteiger partial charge in [0.15, 0.2) is 0 Å². The number of hydrogen-bond donors (Lipinski definition) is 4. The number of carboxylic acids is 1. The lowest BCUT2D eigenvalue weighted by atomic mass is 9.79. The molecule has 3 aromatic rings. The minimum absolute atomic E-state index is 0.0138. The summed E-state index contributed by atoms with van der Waals surface area (Å²) in [6.45, 7) is 4.65. The molecule has 1 spiro atoms. The number of aromatic nitrogens is 1. The highest BCUT2D eigenvalue weighted by atomic mass is 16.5. The van der Waals surface area contributed by atoms with Gasteiger partial charge in [-0.05, 0) is 69.2 Å². The molecule has 8 nitrogen and oxygen atoms in total. The first-order valence-electron chi connectivity index (χ1n) is 13.5. The van der Waals surface area contributed by atoms with Gasteiger partial charge in [-0.1, -0.05) is 37.1 Å². The van der Waals surface area contributed by atoms with Crippen molar-refractivity contribution in [3.05, 3.63) is 59.3 Å². The molecule has 1 aliphatic carbocycles. The Kier molecular flexibility index (Phi) is 7.20. The zero-order valence-electron chi connectivity index (χ0n) is 22.1. The van der Waals surface area contributed by atoms with Gasteiger partial charge in [-0.3, -0.25) is 4.79 Å². The maximum atomic E-state index is 12.8. The largest absolute Gasteiger partial charge is 0.550 e. The molecule has 0 bridgehead atoms. The number of carboxylic acid groups (broad SMARTS) is 1. The van der Waals surface area contributed by atoms with Gasteiger partial charge < -0.3 is 35.4 Å². The number of para-hydroxylation sites is 1. The molecule has 0 unspecified atom stereocenters. The third-order valence-corrected chi connectivity index (χ3v) is 8.01. The number of aliphatic carboxylic acids is 1. The Labute approximate surface area is 222 Å². The van der Waals surface area contributed by atoms with Gasteiger partial charge in [-0.25, -0.2) is 0 Å². The molecule has 2 heterocycles. The van der Waals surface area contributed by atoms with Crippen LogP contribution in [0.2, 0.25) is 0 Å². The van der Waals surface area contributed by atoms with Gasteiger partial charge in [0.2, 0.25) is 5.91 Å². The third kappa shape index (κ3) is 5.15. The number of aryl methyl sites for hydroxylation is 1. The Morgan fingerprint density at radius 1 is 1.18 bits per heavy atom. The quantitative estimate of drug-likeness (QED) is 0.309. The number of hydrogen-bond acceptors (Lipinski definition) is 6. The fourth-order valence-electron chi connectivity index (χ4n) is 6.10. The van der Waals surface area contributed by atoms with Crippen LogP contribution < -0.4 is 20.5 Å². The first kappa shape index (κ1) is 26.3. The van der Waals surface area contributed by atoms with Gasteiger partial charge in [0.25, 0.3) is 0 Å². The van der Waals surface area contributed by atoms with E-state index in [0.717, 1.165) is 59.0 Å². The van der Waals surface area contributed by atoms with Crippen molar-refractivity contribution in [2.24, 2.45) is 0 Å². The molecule has 1 atom stereocenters. The molecule has 2 aliphatic rings. The van der Waals surface area contributed by atoms with Gasteiger partial charge in [-0.15, -0.1) is 0 Å². The number of benzene rings is 2. The first-order chi connectivity index (χ1) is 18.2. The Morgan fingerprint density at radius 3 is 2.71 bits per heavy atom. The number of aliphatic hydroxyl groups excluding tert-OH is 1. The van der Waals surface area contributed by atoms with Crippen molar-refractivity contribution in [3.8, 4) is 5.75 Å². The third-order valence-electron chi connectivity index (χ3n) is 8.01. The van der Waals surface area contributed by atoms with Crippen LogP contribution in [-0.2, 0) is 27.8 Å². The molecule has 1 amide bonds. The maximum absolute atomic E-state index is 12.8. The van der Waals surface area contributed by atoms with E-state index in [4.69, 9.17) is 4.74 Å². The van der Waals surface area contributed by atoms with Gasteiger partial charge in [0, 0.05) is 46.4 Å². The van der Waals surface area contributed by atoms with Crippen LogP contribution in [0.25, 0.3) is 10.9 Å². The Hall–Kier alpha value is -3.36. The number of nitrogens with one attached hydrogen (secondary N) is 3. The van der Waals surface area contributed by atoms with Crippen molar-refractivity contribution in [2.45, 2.75) is 75.9 Å². The summed E-state index contributed by atoms with van der Waals surface area (Å²) in [5.41, 5.74) is 4.00. The van der Waals surface area contributed by atoms with Crippen molar-refractivity contribution in [3.63, 3.8) is 0 Å². The van der Waals surface area contributed by atoms with Crippen LogP contribution >= 0.6 is 0 Å². The van der Waals surface area contributed by atoms with E-state index in [1.165, 1.54) is 0 Å². The molecule has 1 aliphatic heterocycles. The normalized spacial score (nSPS) is 17.1. The second kappa shape index (κ2) is 10.4. The highest BCUT2D eigenvalue weighted by Gasteiger charge is 2.50. The lowest BCUT2D eigenvalue weighted by Crippen LogP contribution is -2.46. The van der Waals surface area contributed by atoms with Gasteiger partial charge in [0.05, 0.1) is 5.41 Å². The van der Waals surface area contributed by atoms with E-state index in [9.17, 15) is 19.8 Å². The second-order valence-electron chi connectivity index (χ2n) is 11.4. The van der Waals surface area contributed by atoms with Crippen molar-refractivity contribution >= 4 is 28.5 Å². The van der Waals surface area contributed by atoms with E-state index in [1.807, 2.05) is 42.6 Å². The number of amides is 1. The number of aliphatic hydroxyl groups is 1. The summed E-state index contributed by atoms with van der Waals surface area (Å²) in [6.07, 6.45) is 6.08. The highest BCUT2D eigenvalue weighted by Crippen LogP contribution is 2.52. The molecule has 0 radical (unpaired) electrons. The van der Waals surface area contributed by atoms with E-state index in [1.54, 1.807) is 0 Å². The molecule has 0 saturated heterocycles. The maximum Gasteiger partial charge on any atom is 0.235 e. The highest BCUT2D eigenvalue weighted by molar-refractivity contribution is 6.07. The number of fused-ring (bicyclic) bond motifs is 3. The monoisotopic (exact) mass is 518 g/mol. The topological polar surface area (TPSA) is 127 Å². The molecule has 5 rings (SSSR count). The van der Waals surface area contributed by atoms with Gasteiger partial charge in [0.1, 0.15) is 18.5 Å². The van der Waals surface area contributed by atoms with E-state index < -0.39 is 17.5 Å². The molecule has 8 heteroatoms. The lowest BCUT2D eigenvalue weighted by molar-refractivity contribution is -0.305. The van der Waals surface area contributed by atoms with Gasteiger partial charge >= 0.3 is 0 Å². The number of β-amino-alcohol motifs (C(OH)–C–C–N with tert-alkyl or cyclic N) is 1. The van der Waals surface area contributed by atoms with Crippen LogP contribution in [0.3, 0.4) is 0 Å². The van der Waals surface area contributed by atoms with Crippen LogP contribution in [0.1, 0.15) is 62.6 Å². The first-order valence-corrected chi connectivity index (χ1v) is 13.5. The van der Waals surface area contributed by atoms with Crippen LogP contribution in [0.4, 0.5) is 5.69 Å². The number of carbonyl (C=O) groups is 2. The molecule has 1 aromatic heterocycles. The minimum atomic E-state index is -1.05. The predicted octanol–water partition coefficient (Wildman–Crippen LogP) is 2.96. The molecule has 1 saturated carbocycles. The van der Waals surface area contributed by atoms with E-state index >= 15 is 0 Å². The van der Waals surface area contributed by atoms with E-state index in [2.05, 4.69) is 29.5 Å². The van der Waals surface area contributed by atoms with Crippen LogP contribution in [0.5, 0.6) is 5.75 Å². The lowest BCUT2D eigenvalue weighted by Gasteiger charge is -2.28. The average molecular weight is 519 g/mol. The van der Waals surface area contributed by atoms with Crippen LogP contribution in [0.15, 0.2) is 42.6 Å². The zero-order chi connectivity index (χ0) is 26.9. The molecule has 38 heavy (non-hydrogen) atoms. The molecule has 1 fully saturated rings. The summed E-state index contributed by atoms with van der Waals surface area (Å²) in [5, 5.41) is 29.2. The zero-order valence-corrected chi connectivity index (χ0v) is 22.1. The number of aromatic amines is 1. The minimum Gasteiger partial charge on any atom is -0.550 e. The van der Waals surface area contributed by atoms with Gasteiger partial charge in [-0.2, -0.15) is 0 Å². The summed E-state index contributed by atoms with van der Waals surface area (Å²) in [6, 6.07) is 11.6.